The predicted molar refractivity (Wildman–Crippen MR) is 96.6 cm³/mol. The van der Waals surface area contributed by atoms with E-state index in [1.165, 1.54) is 30.4 Å². The van der Waals surface area contributed by atoms with Gasteiger partial charge < -0.3 is 4.90 Å². The third-order valence-corrected chi connectivity index (χ3v) is 5.75. The van der Waals surface area contributed by atoms with Gasteiger partial charge in [-0.25, -0.2) is 5.84 Å². The van der Waals surface area contributed by atoms with Gasteiger partial charge in [-0.3, -0.25) is 15.1 Å². The first-order valence-corrected chi connectivity index (χ1v) is 9.13. The minimum atomic E-state index is -0.171. The van der Waals surface area contributed by atoms with Gasteiger partial charge in [-0.1, -0.05) is 31.9 Å². The number of piperazine rings is 1. The zero-order chi connectivity index (χ0) is 17.1. The molecule has 5 nitrogen and oxygen atoms in total. The number of hydrogen-bond acceptors (Lipinski definition) is 4. The standard InChI is InChI=1S/C19H30N4O/c1-14-4-3-5-16(14)18-12-15(6-7-17(18)19(24)21-20)13-23-10-8-22(2)9-11-23/h6-7,12,14,16H,3-5,8-11,13,20H2,1-2H3,(H,21,24)/t14-,16+/m0/s1. The van der Waals surface area contributed by atoms with Crippen LogP contribution in [0.5, 0.6) is 0 Å². The first-order chi connectivity index (χ1) is 11.6. The average Bonchev–Trinajstić information content (AvgIpc) is 3.02. The second kappa shape index (κ2) is 7.64. The van der Waals surface area contributed by atoms with Crippen LogP contribution in [0.15, 0.2) is 18.2 Å². The largest absolute Gasteiger partial charge is 0.304 e. The summed E-state index contributed by atoms with van der Waals surface area (Å²) in [6, 6.07) is 6.31. The number of carbonyl (C=O) groups excluding carboxylic acids is 1. The molecule has 2 aliphatic rings. The fraction of sp³-hybridized carbons (Fsp3) is 0.632. The average molecular weight is 330 g/mol. The number of carbonyl (C=O) groups is 1. The fourth-order valence-electron chi connectivity index (χ4n) is 4.17. The summed E-state index contributed by atoms with van der Waals surface area (Å²) < 4.78 is 0. The molecule has 0 radical (unpaired) electrons. The fourth-order valence-corrected chi connectivity index (χ4v) is 4.17. The minimum absolute atomic E-state index is 0.171. The van der Waals surface area contributed by atoms with Crippen LogP contribution in [-0.4, -0.2) is 48.9 Å². The molecule has 2 fully saturated rings. The number of nitrogens with one attached hydrogen (secondary N) is 1. The van der Waals surface area contributed by atoms with E-state index in [4.69, 9.17) is 5.84 Å². The van der Waals surface area contributed by atoms with Gasteiger partial charge in [0.1, 0.15) is 0 Å². The van der Waals surface area contributed by atoms with Crippen LogP contribution in [0.3, 0.4) is 0 Å². The minimum Gasteiger partial charge on any atom is -0.304 e. The number of nitrogens with zero attached hydrogens (tertiary/aromatic N) is 2. The topological polar surface area (TPSA) is 61.6 Å². The summed E-state index contributed by atoms with van der Waals surface area (Å²) in [5, 5.41) is 0. The molecular formula is C19H30N4O. The van der Waals surface area contributed by atoms with Gasteiger partial charge in [0.05, 0.1) is 0 Å². The lowest BCUT2D eigenvalue weighted by Gasteiger charge is -2.32. The highest BCUT2D eigenvalue weighted by Crippen LogP contribution is 2.41. The normalized spacial score (nSPS) is 25.8. The van der Waals surface area contributed by atoms with E-state index in [1.807, 2.05) is 6.07 Å². The number of rotatable bonds is 4. The number of likely N-dealkylation sites (N-methyl/N-ethyl adjacent to an activating group) is 1. The van der Waals surface area contributed by atoms with Crippen molar-refractivity contribution in [3.05, 3.63) is 34.9 Å². The van der Waals surface area contributed by atoms with Gasteiger partial charge in [0.2, 0.25) is 0 Å². The number of hydrazine groups is 1. The Morgan fingerprint density at radius 2 is 2.00 bits per heavy atom. The second-order valence-electron chi connectivity index (χ2n) is 7.49. The Labute approximate surface area is 145 Å². The summed E-state index contributed by atoms with van der Waals surface area (Å²) in [7, 11) is 2.18. The molecule has 1 aliphatic heterocycles. The molecule has 132 valence electrons. The Morgan fingerprint density at radius 3 is 2.62 bits per heavy atom. The van der Waals surface area contributed by atoms with E-state index in [1.54, 1.807) is 0 Å². The Balaban J connectivity index is 1.82. The van der Waals surface area contributed by atoms with Crippen molar-refractivity contribution in [2.24, 2.45) is 11.8 Å². The van der Waals surface area contributed by atoms with Gasteiger partial charge in [-0.15, -0.1) is 0 Å². The van der Waals surface area contributed by atoms with Crippen LogP contribution in [0, 0.1) is 5.92 Å². The van der Waals surface area contributed by atoms with Gasteiger partial charge in [0.25, 0.3) is 5.91 Å². The van der Waals surface area contributed by atoms with Crippen molar-refractivity contribution in [1.82, 2.24) is 15.2 Å². The molecule has 3 rings (SSSR count). The smallest absolute Gasteiger partial charge is 0.265 e. The first kappa shape index (κ1) is 17.4. The van der Waals surface area contributed by atoms with Crippen molar-refractivity contribution in [2.45, 2.75) is 38.6 Å². The van der Waals surface area contributed by atoms with Crippen molar-refractivity contribution in [3.63, 3.8) is 0 Å². The quantitative estimate of drug-likeness (QED) is 0.503. The van der Waals surface area contributed by atoms with E-state index in [2.05, 4.69) is 41.3 Å². The monoisotopic (exact) mass is 330 g/mol. The van der Waals surface area contributed by atoms with E-state index < -0.39 is 0 Å². The van der Waals surface area contributed by atoms with Gasteiger partial charge in [-0.05, 0) is 42.5 Å². The van der Waals surface area contributed by atoms with Crippen LogP contribution in [0.1, 0.15) is 53.6 Å². The molecule has 1 aliphatic carbocycles. The number of nitrogens with two attached hydrogens (primary N) is 1. The zero-order valence-electron chi connectivity index (χ0n) is 14.9. The van der Waals surface area contributed by atoms with Gasteiger partial charge >= 0.3 is 0 Å². The van der Waals surface area contributed by atoms with E-state index in [0.29, 0.717) is 11.8 Å². The van der Waals surface area contributed by atoms with Crippen LogP contribution in [0.4, 0.5) is 0 Å². The lowest BCUT2D eigenvalue weighted by atomic mass is 9.85. The van der Waals surface area contributed by atoms with Gasteiger partial charge in [0, 0.05) is 38.3 Å². The molecule has 2 atom stereocenters. The molecule has 1 amide bonds. The summed E-state index contributed by atoms with van der Waals surface area (Å²) in [6.07, 6.45) is 3.67. The molecular weight excluding hydrogens is 300 g/mol. The lowest BCUT2D eigenvalue weighted by molar-refractivity contribution is 0.0952. The van der Waals surface area contributed by atoms with Crippen molar-refractivity contribution >= 4 is 5.91 Å². The van der Waals surface area contributed by atoms with Crippen LogP contribution in [0.25, 0.3) is 0 Å². The first-order valence-electron chi connectivity index (χ1n) is 9.13. The van der Waals surface area contributed by atoms with Gasteiger partial charge in [0.15, 0.2) is 0 Å². The lowest BCUT2D eigenvalue weighted by Crippen LogP contribution is -2.43. The molecule has 5 heteroatoms. The van der Waals surface area contributed by atoms with E-state index >= 15 is 0 Å². The molecule has 0 unspecified atom stereocenters. The van der Waals surface area contributed by atoms with Crippen LogP contribution in [0.2, 0.25) is 0 Å². The SMILES string of the molecule is C[C@H]1CCC[C@H]1c1cc(CN2CCN(C)CC2)ccc1C(=O)NN. The Kier molecular flexibility index (Phi) is 5.54. The number of benzene rings is 1. The maximum absolute atomic E-state index is 12.2. The molecule has 0 spiro atoms. The van der Waals surface area contributed by atoms with E-state index in [0.717, 1.165) is 38.3 Å². The molecule has 1 aromatic carbocycles. The molecule has 1 aromatic rings. The third kappa shape index (κ3) is 3.79. The van der Waals surface area contributed by atoms with Crippen LogP contribution in [-0.2, 0) is 6.54 Å². The number of nitrogen functional groups attached to an aromatic ring is 1. The molecule has 1 saturated carbocycles. The molecule has 0 bridgehead atoms. The summed E-state index contributed by atoms with van der Waals surface area (Å²) in [5.74, 6) is 6.33. The number of hydrogen-bond donors (Lipinski definition) is 2. The zero-order valence-corrected chi connectivity index (χ0v) is 14.9. The Bertz CT molecular complexity index is 581. The second-order valence-corrected chi connectivity index (χ2v) is 7.49. The highest BCUT2D eigenvalue weighted by Gasteiger charge is 2.28. The van der Waals surface area contributed by atoms with Crippen LogP contribution < -0.4 is 11.3 Å². The summed E-state index contributed by atoms with van der Waals surface area (Å²) in [5.41, 5.74) is 5.56. The van der Waals surface area contributed by atoms with Crippen molar-refractivity contribution in [1.29, 1.82) is 0 Å². The van der Waals surface area contributed by atoms with Crippen molar-refractivity contribution < 1.29 is 4.79 Å². The maximum atomic E-state index is 12.2. The Morgan fingerprint density at radius 1 is 1.25 bits per heavy atom. The molecule has 3 N–H and O–H groups in total. The number of amides is 1. The highest BCUT2D eigenvalue weighted by atomic mass is 16.2. The van der Waals surface area contributed by atoms with Crippen molar-refractivity contribution in [2.75, 3.05) is 33.2 Å². The summed E-state index contributed by atoms with van der Waals surface area (Å²) >= 11 is 0. The van der Waals surface area contributed by atoms with Gasteiger partial charge in [-0.2, -0.15) is 0 Å². The van der Waals surface area contributed by atoms with E-state index in [-0.39, 0.29) is 5.91 Å². The van der Waals surface area contributed by atoms with E-state index in [9.17, 15) is 4.79 Å². The molecule has 24 heavy (non-hydrogen) atoms. The molecule has 0 aromatic heterocycles. The molecule has 1 saturated heterocycles. The summed E-state index contributed by atoms with van der Waals surface area (Å²) in [4.78, 5) is 17.1. The molecule has 1 heterocycles. The van der Waals surface area contributed by atoms with Crippen molar-refractivity contribution in [3.8, 4) is 0 Å². The maximum Gasteiger partial charge on any atom is 0.265 e. The Hall–Kier alpha value is -1.43. The summed E-state index contributed by atoms with van der Waals surface area (Å²) in [6.45, 7) is 7.73. The third-order valence-electron chi connectivity index (χ3n) is 5.75. The van der Waals surface area contributed by atoms with Crippen LogP contribution >= 0.6 is 0 Å². The highest BCUT2D eigenvalue weighted by molar-refractivity contribution is 5.95. The predicted octanol–water partition coefficient (Wildman–Crippen LogP) is 1.94.